The Bertz CT molecular complexity index is 475. The second-order valence-electron chi connectivity index (χ2n) is 5.10. The van der Waals surface area contributed by atoms with Crippen LogP contribution in [0.1, 0.15) is 24.3 Å². The summed E-state index contributed by atoms with van der Waals surface area (Å²) in [4.78, 5) is 14.5. The van der Waals surface area contributed by atoms with E-state index in [9.17, 15) is 4.79 Å². The van der Waals surface area contributed by atoms with Gasteiger partial charge in [0, 0.05) is 24.6 Å². The number of ether oxygens (including phenoxy) is 1. The number of amides is 1. The van der Waals surface area contributed by atoms with Crippen LogP contribution in [0.15, 0.2) is 42.0 Å². The van der Waals surface area contributed by atoms with Crippen LogP contribution < -0.4 is 0 Å². The van der Waals surface area contributed by atoms with Crippen molar-refractivity contribution in [2.45, 2.75) is 18.8 Å². The minimum Gasteiger partial charge on any atom is -0.378 e. The van der Waals surface area contributed by atoms with Crippen molar-refractivity contribution in [2.75, 3.05) is 26.3 Å². The highest BCUT2D eigenvalue weighted by atomic mass is 16.5. The third-order valence-electron chi connectivity index (χ3n) is 3.94. The summed E-state index contributed by atoms with van der Waals surface area (Å²) in [5, 5.41) is 0. The summed E-state index contributed by atoms with van der Waals surface area (Å²) in [6.07, 6.45) is 4.18. The lowest BCUT2D eigenvalue weighted by molar-refractivity contribution is -0.131. The molecule has 1 atom stereocenters. The van der Waals surface area contributed by atoms with Crippen LogP contribution in [-0.4, -0.2) is 37.1 Å². The van der Waals surface area contributed by atoms with Crippen molar-refractivity contribution in [3.8, 4) is 0 Å². The maximum atomic E-state index is 12.6. The molecule has 1 unspecified atom stereocenters. The van der Waals surface area contributed by atoms with Gasteiger partial charge in [-0.2, -0.15) is 0 Å². The van der Waals surface area contributed by atoms with Gasteiger partial charge in [-0.25, -0.2) is 0 Å². The fourth-order valence-electron chi connectivity index (χ4n) is 2.92. The molecule has 0 N–H and O–H groups in total. The maximum Gasteiger partial charge on any atom is 0.250 e. The lowest BCUT2D eigenvalue weighted by Crippen LogP contribution is -2.41. The quantitative estimate of drug-likeness (QED) is 0.814. The Morgan fingerprint density at radius 3 is 2.63 bits per heavy atom. The van der Waals surface area contributed by atoms with Crippen molar-refractivity contribution in [3.63, 3.8) is 0 Å². The Balaban J connectivity index is 1.77. The van der Waals surface area contributed by atoms with Crippen LogP contribution in [-0.2, 0) is 9.53 Å². The Morgan fingerprint density at radius 1 is 1.16 bits per heavy atom. The topological polar surface area (TPSA) is 29.5 Å². The molecule has 1 fully saturated rings. The second-order valence-corrected chi connectivity index (χ2v) is 5.10. The lowest BCUT2D eigenvalue weighted by Gasteiger charge is -2.29. The van der Waals surface area contributed by atoms with Crippen LogP contribution in [0.3, 0.4) is 0 Å². The van der Waals surface area contributed by atoms with Gasteiger partial charge in [0.2, 0.25) is 5.91 Å². The molecule has 1 aliphatic heterocycles. The number of hydrogen-bond acceptors (Lipinski definition) is 2. The summed E-state index contributed by atoms with van der Waals surface area (Å²) >= 11 is 0. The zero-order chi connectivity index (χ0) is 13.1. The van der Waals surface area contributed by atoms with Gasteiger partial charge in [-0.15, -0.1) is 0 Å². The molecule has 3 heteroatoms. The number of nitrogens with zero attached hydrogens (tertiary/aromatic N) is 1. The van der Waals surface area contributed by atoms with E-state index in [-0.39, 0.29) is 11.8 Å². The molecule has 0 saturated carbocycles. The van der Waals surface area contributed by atoms with E-state index in [1.165, 1.54) is 5.56 Å². The highest BCUT2D eigenvalue weighted by Gasteiger charge is 2.29. The number of carbonyl (C=O) groups excluding carboxylic acids is 1. The van der Waals surface area contributed by atoms with E-state index in [1.807, 2.05) is 23.1 Å². The van der Waals surface area contributed by atoms with E-state index in [4.69, 9.17) is 4.74 Å². The van der Waals surface area contributed by atoms with Gasteiger partial charge < -0.3 is 9.64 Å². The van der Waals surface area contributed by atoms with E-state index in [0.29, 0.717) is 13.2 Å². The molecule has 1 aliphatic carbocycles. The molecule has 0 aromatic heterocycles. The summed E-state index contributed by atoms with van der Waals surface area (Å²) in [7, 11) is 0. The lowest BCUT2D eigenvalue weighted by atomic mass is 9.92. The van der Waals surface area contributed by atoms with Gasteiger partial charge in [0.15, 0.2) is 0 Å². The Morgan fingerprint density at radius 2 is 1.89 bits per heavy atom. The monoisotopic (exact) mass is 257 g/mol. The third kappa shape index (κ3) is 2.56. The molecule has 1 heterocycles. The van der Waals surface area contributed by atoms with Gasteiger partial charge in [0.05, 0.1) is 13.2 Å². The minimum absolute atomic E-state index is 0.203. The number of carbonyl (C=O) groups is 1. The number of benzene rings is 1. The van der Waals surface area contributed by atoms with Crippen LogP contribution in [0.25, 0.3) is 0 Å². The molecule has 2 aliphatic rings. The predicted molar refractivity (Wildman–Crippen MR) is 73.9 cm³/mol. The summed E-state index contributed by atoms with van der Waals surface area (Å²) in [6, 6.07) is 10.4. The van der Waals surface area contributed by atoms with Gasteiger partial charge in [-0.1, -0.05) is 36.4 Å². The number of rotatable bonds is 2. The van der Waals surface area contributed by atoms with Gasteiger partial charge in [-0.3, -0.25) is 4.79 Å². The zero-order valence-corrected chi connectivity index (χ0v) is 11.0. The summed E-state index contributed by atoms with van der Waals surface area (Å²) in [6.45, 7) is 2.76. The summed E-state index contributed by atoms with van der Waals surface area (Å²) in [5.41, 5.74) is 2.24. The van der Waals surface area contributed by atoms with Crippen LogP contribution >= 0.6 is 0 Å². The molecule has 19 heavy (non-hydrogen) atoms. The summed E-state index contributed by atoms with van der Waals surface area (Å²) in [5.74, 6) is 0.478. The standard InChI is InChI=1S/C16H19NO2/c18-16(17-9-11-19-12-10-17)15-8-4-7-14(15)13-5-2-1-3-6-13/h1-3,5-6,8,14H,4,7,9-12H2. The predicted octanol–water partition coefficient (Wildman–Crippen LogP) is 2.35. The molecular weight excluding hydrogens is 238 g/mol. The molecule has 1 amide bonds. The molecular formula is C16H19NO2. The second kappa shape index (κ2) is 5.57. The molecule has 0 bridgehead atoms. The van der Waals surface area contributed by atoms with Gasteiger partial charge >= 0.3 is 0 Å². The first-order valence-corrected chi connectivity index (χ1v) is 6.98. The van der Waals surface area contributed by atoms with Crippen molar-refractivity contribution in [2.24, 2.45) is 0 Å². The van der Waals surface area contributed by atoms with Crippen molar-refractivity contribution < 1.29 is 9.53 Å². The fraction of sp³-hybridized carbons (Fsp3) is 0.438. The van der Waals surface area contributed by atoms with Crippen molar-refractivity contribution >= 4 is 5.91 Å². The number of morpholine rings is 1. The highest BCUT2D eigenvalue weighted by molar-refractivity contribution is 5.95. The first kappa shape index (κ1) is 12.4. The van der Waals surface area contributed by atoms with Gasteiger partial charge in [0.25, 0.3) is 0 Å². The van der Waals surface area contributed by atoms with Crippen molar-refractivity contribution in [3.05, 3.63) is 47.5 Å². The highest BCUT2D eigenvalue weighted by Crippen LogP contribution is 2.36. The minimum atomic E-state index is 0.203. The average molecular weight is 257 g/mol. The SMILES string of the molecule is O=C(C1=CCCC1c1ccccc1)N1CCOCC1. The molecule has 0 radical (unpaired) electrons. The largest absolute Gasteiger partial charge is 0.378 e. The normalized spacial score (nSPS) is 23.3. The number of allylic oxidation sites excluding steroid dienone is 1. The Hall–Kier alpha value is -1.61. The Kier molecular flexibility index (Phi) is 3.65. The third-order valence-corrected chi connectivity index (χ3v) is 3.94. The molecule has 3 nitrogen and oxygen atoms in total. The maximum absolute atomic E-state index is 12.6. The first-order valence-electron chi connectivity index (χ1n) is 6.98. The van der Waals surface area contributed by atoms with E-state index in [0.717, 1.165) is 31.5 Å². The smallest absolute Gasteiger partial charge is 0.250 e. The average Bonchev–Trinajstić information content (AvgIpc) is 2.98. The van der Waals surface area contributed by atoms with Gasteiger partial charge in [-0.05, 0) is 18.4 Å². The first-order chi connectivity index (χ1) is 9.36. The molecule has 1 aromatic rings. The molecule has 1 saturated heterocycles. The molecule has 100 valence electrons. The molecule has 3 rings (SSSR count). The van der Waals surface area contributed by atoms with E-state index >= 15 is 0 Å². The summed E-state index contributed by atoms with van der Waals surface area (Å²) < 4.78 is 5.31. The van der Waals surface area contributed by atoms with E-state index in [1.54, 1.807) is 0 Å². The van der Waals surface area contributed by atoms with Crippen molar-refractivity contribution in [1.82, 2.24) is 4.90 Å². The van der Waals surface area contributed by atoms with Crippen LogP contribution in [0.2, 0.25) is 0 Å². The van der Waals surface area contributed by atoms with E-state index < -0.39 is 0 Å². The van der Waals surface area contributed by atoms with E-state index in [2.05, 4.69) is 18.2 Å². The fourth-order valence-corrected chi connectivity index (χ4v) is 2.92. The number of hydrogen-bond donors (Lipinski definition) is 0. The van der Waals surface area contributed by atoms with Crippen LogP contribution in [0.4, 0.5) is 0 Å². The van der Waals surface area contributed by atoms with Crippen LogP contribution in [0, 0.1) is 0 Å². The zero-order valence-electron chi connectivity index (χ0n) is 11.0. The van der Waals surface area contributed by atoms with Gasteiger partial charge in [0.1, 0.15) is 0 Å². The molecule has 1 aromatic carbocycles. The molecule has 0 spiro atoms. The Labute approximate surface area is 113 Å². The van der Waals surface area contributed by atoms with Crippen molar-refractivity contribution in [1.29, 1.82) is 0 Å². The van der Waals surface area contributed by atoms with Crippen LogP contribution in [0.5, 0.6) is 0 Å².